The molecule has 0 aliphatic rings. The molecule has 0 aliphatic heterocycles. The second kappa shape index (κ2) is 5.55. The van der Waals surface area contributed by atoms with Gasteiger partial charge in [-0.05, 0) is 30.2 Å². The molecule has 0 radical (unpaired) electrons. The lowest BCUT2D eigenvalue weighted by Crippen LogP contribution is -2.36. The van der Waals surface area contributed by atoms with E-state index in [0.717, 1.165) is 18.2 Å². The number of halogens is 2. The molecule has 1 N–H and O–H groups in total. The Bertz CT molecular complexity index is 380. The third-order valence-corrected chi connectivity index (χ3v) is 1.98. The predicted molar refractivity (Wildman–Crippen MR) is 56.5 cm³/mol. The molecule has 5 heteroatoms. The van der Waals surface area contributed by atoms with E-state index in [9.17, 15) is 13.6 Å². The number of rotatable bonds is 4. The molecule has 1 aromatic rings. The Labute approximate surface area is 93.0 Å². The van der Waals surface area contributed by atoms with E-state index < -0.39 is 11.6 Å². The minimum atomic E-state index is -0.496. The zero-order valence-corrected chi connectivity index (χ0v) is 9.26. The van der Waals surface area contributed by atoms with Gasteiger partial charge in [0.15, 0.2) is 0 Å². The highest BCUT2D eigenvalue weighted by Crippen LogP contribution is 2.11. The number of hydrogen-bond donors (Lipinski definition) is 1. The third-order valence-electron chi connectivity index (χ3n) is 1.98. The summed E-state index contributed by atoms with van der Waals surface area (Å²) in [5.74, 6) is -1.21. The standard InChI is InChI=1S/C11H14F2N2O/c1-15(2)14-11(16)6-3-8-7-9(12)4-5-10(8)13/h4-5,7H,3,6H2,1-2H3,(H,14,16). The van der Waals surface area contributed by atoms with Crippen molar-refractivity contribution >= 4 is 5.91 Å². The summed E-state index contributed by atoms with van der Waals surface area (Å²) in [7, 11) is 3.36. The van der Waals surface area contributed by atoms with Crippen LogP contribution in [0.25, 0.3) is 0 Å². The number of hydrazine groups is 1. The quantitative estimate of drug-likeness (QED) is 0.792. The predicted octanol–water partition coefficient (Wildman–Crippen LogP) is 1.49. The molecule has 88 valence electrons. The van der Waals surface area contributed by atoms with Crippen molar-refractivity contribution in [3.63, 3.8) is 0 Å². The number of aryl methyl sites for hydroxylation is 1. The molecule has 0 spiro atoms. The molecule has 0 aliphatic carbocycles. The van der Waals surface area contributed by atoms with E-state index in [1.165, 1.54) is 5.01 Å². The van der Waals surface area contributed by atoms with Gasteiger partial charge in [0.2, 0.25) is 5.91 Å². The monoisotopic (exact) mass is 228 g/mol. The van der Waals surface area contributed by atoms with Gasteiger partial charge in [0, 0.05) is 20.5 Å². The highest BCUT2D eigenvalue weighted by atomic mass is 19.1. The molecule has 1 amide bonds. The molecule has 0 fully saturated rings. The van der Waals surface area contributed by atoms with Gasteiger partial charge in [-0.2, -0.15) is 0 Å². The molecule has 3 nitrogen and oxygen atoms in total. The number of carbonyl (C=O) groups excluding carboxylic acids is 1. The fraction of sp³-hybridized carbons (Fsp3) is 0.364. The van der Waals surface area contributed by atoms with Gasteiger partial charge >= 0.3 is 0 Å². The molecule has 0 unspecified atom stereocenters. The number of nitrogens with one attached hydrogen (secondary N) is 1. The first-order chi connectivity index (χ1) is 7.49. The molecule has 1 aromatic carbocycles. The first-order valence-corrected chi connectivity index (χ1v) is 4.90. The molecule has 0 saturated heterocycles. The van der Waals surface area contributed by atoms with E-state index in [4.69, 9.17) is 0 Å². The van der Waals surface area contributed by atoms with E-state index in [2.05, 4.69) is 5.43 Å². The average Bonchev–Trinajstić information content (AvgIpc) is 2.18. The topological polar surface area (TPSA) is 32.3 Å². The lowest BCUT2D eigenvalue weighted by molar-refractivity contribution is -0.124. The average molecular weight is 228 g/mol. The Morgan fingerprint density at radius 3 is 2.69 bits per heavy atom. The molecular formula is C11H14F2N2O. The van der Waals surface area contributed by atoms with Crippen LogP contribution in [0.15, 0.2) is 18.2 Å². The Kier molecular flexibility index (Phi) is 4.37. The lowest BCUT2D eigenvalue weighted by Gasteiger charge is -2.11. The van der Waals surface area contributed by atoms with Crippen LogP contribution >= 0.6 is 0 Å². The van der Waals surface area contributed by atoms with Crippen molar-refractivity contribution in [1.29, 1.82) is 0 Å². The molecular weight excluding hydrogens is 214 g/mol. The number of carbonyl (C=O) groups is 1. The summed E-state index contributed by atoms with van der Waals surface area (Å²) in [4.78, 5) is 11.3. The van der Waals surface area contributed by atoms with E-state index in [-0.39, 0.29) is 24.3 Å². The SMILES string of the molecule is CN(C)NC(=O)CCc1cc(F)ccc1F. The largest absolute Gasteiger partial charge is 0.289 e. The van der Waals surface area contributed by atoms with Gasteiger partial charge in [-0.15, -0.1) is 0 Å². The summed E-state index contributed by atoms with van der Waals surface area (Å²) in [6, 6.07) is 3.23. The number of hydrogen-bond acceptors (Lipinski definition) is 2. The maximum Gasteiger partial charge on any atom is 0.234 e. The van der Waals surface area contributed by atoms with Crippen LogP contribution in [0.2, 0.25) is 0 Å². The Morgan fingerprint density at radius 2 is 2.06 bits per heavy atom. The Hall–Kier alpha value is -1.49. The molecule has 0 atom stereocenters. The second-order valence-electron chi connectivity index (χ2n) is 3.67. The minimum absolute atomic E-state index is 0.124. The van der Waals surface area contributed by atoms with Crippen LogP contribution < -0.4 is 5.43 Å². The van der Waals surface area contributed by atoms with Gasteiger partial charge < -0.3 is 0 Å². The van der Waals surface area contributed by atoms with Gasteiger partial charge in [-0.3, -0.25) is 10.2 Å². The summed E-state index contributed by atoms with van der Waals surface area (Å²) in [5.41, 5.74) is 2.74. The summed E-state index contributed by atoms with van der Waals surface area (Å²) in [6.45, 7) is 0. The zero-order valence-electron chi connectivity index (χ0n) is 9.26. The summed E-state index contributed by atoms with van der Waals surface area (Å²) in [5, 5.41) is 1.50. The number of benzene rings is 1. The molecule has 16 heavy (non-hydrogen) atoms. The molecule has 0 heterocycles. The van der Waals surface area contributed by atoms with Crippen molar-refractivity contribution < 1.29 is 13.6 Å². The first kappa shape index (κ1) is 12.6. The van der Waals surface area contributed by atoms with Gasteiger partial charge in [0.1, 0.15) is 11.6 Å². The Morgan fingerprint density at radius 1 is 1.38 bits per heavy atom. The van der Waals surface area contributed by atoms with Crippen molar-refractivity contribution in [2.75, 3.05) is 14.1 Å². The fourth-order valence-corrected chi connectivity index (χ4v) is 1.29. The summed E-state index contributed by atoms with van der Waals surface area (Å²) in [6.07, 6.45) is 0.307. The normalized spacial score (nSPS) is 10.6. The van der Waals surface area contributed by atoms with Crippen LogP contribution in [0.4, 0.5) is 8.78 Å². The van der Waals surface area contributed by atoms with E-state index in [1.54, 1.807) is 14.1 Å². The molecule has 0 bridgehead atoms. The minimum Gasteiger partial charge on any atom is -0.289 e. The van der Waals surface area contributed by atoms with E-state index >= 15 is 0 Å². The van der Waals surface area contributed by atoms with Crippen molar-refractivity contribution in [1.82, 2.24) is 10.4 Å². The van der Waals surface area contributed by atoms with E-state index in [0.29, 0.717) is 0 Å². The van der Waals surface area contributed by atoms with Crippen molar-refractivity contribution in [2.45, 2.75) is 12.8 Å². The maximum absolute atomic E-state index is 13.2. The number of nitrogens with zero attached hydrogens (tertiary/aromatic N) is 1. The van der Waals surface area contributed by atoms with Gasteiger partial charge in [-0.1, -0.05) is 0 Å². The van der Waals surface area contributed by atoms with Crippen molar-refractivity contribution in [3.8, 4) is 0 Å². The third kappa shape index (κ3) is 3.94. The first-order valence-electron chi connectivity index (χ1n) is 4.90. The smallest absolute Gasteiger partial charge is 0.234 e. The van der Waals surface area contributed by atoms with Crippen LogP contribution in [0.3, 0.4) is 0 Å². The summed E-state index contributed by atoms with van der Waals surface area (Å²) >= 11 is 0. The highest BCUT2D eigenvalue weighted by Gasteiger charge is 2.07. The van der Waals surface area contributed by atoms with Gasteiger partial charge in [-0.25, -0.2) is 13.8 Å². The molecule has 0 aromatic heterocycles. The van der Waals surface area contributed by atoms with Gasteiger partial charge in [0.25, 0.3) is 0 Å². The second-order valence-corrected chi connectivity index (χ2v) is 3.67. The van der Waals surface area contributed by atoms with Crippen LogP contribution in [0.5, 0.6) is 0 Å². The van der Waals surface area contributed by atoms with Crippen LogP contribution in [-0.2, 0) is 11.2 Å². The van der Waals surface area contributed by atoms with Crippen LogP contribution in [-0.4, -0.2) is 25.0 Å². The van der Waals surface area contributed by atoms with Crippen LogP contribution in [0, 0.1) is 11.6 Å². The van der Waals surface area contributed by atoms with E-state index in [1.807, 2.05) is 0 Å². The fourth-order valence-electron chi connectivity index (χ4n) is 1.29. The van der Waals surface area contributed by atoms with Gasteiger partial charge in [0.05, 0.1) is 0 Å². The Balaban J connectivity index is 2.54. The maximum atomic E-state index is 13.2. The summed E-state index contributed by atoms with van der Waals surface area (Å²) < 4.78 is 26.0. The van der Waals surface area contributed by atoms with Crippen LogP contribution in [0.1, 0.15) is 12.0 Å². The highest BCUT2D eigenvalue weighted by molar-refractivity contribution is 5.75. The zero-order chi connectivity index (χ0) is 12.1. The molecule has 0 saturated carbocycles. The molecule has 1 rings (SSSR count). The lowest BCUT2D eigenvalue weighted by atomic mass is 10.1. The number of amides is 1. The van der Waals surface area contributed by atoms with Crippen molar-refractivity contribution in [2.24, 2.45) is 0 Å². The van der Waals surface area contributed by atoms with Crippen molar-refractivity contribution in [3.05, 3.63) is 35.4 Å².